The van der Waals surface area contributed by atoms with Gasteiger partial charge in [0.1, 0.15) is 5.84 Å². The van der Waals surface area contributed by atoms with Crippen LogP contribution in [0, 0.1) is 0 Å². The summed E-state index contributed by atoms with van der Waals surface area (Å²) in [4.78, 5) is 13.3. The first kappa shape index (κ1) is 18.1. The Morgan fingerprint density at radius 2 is 2.29 bits per heavy atom. The number of rotatable bonds is 5. The number of halogens is 1. The van der Waals surface area contributed by atoms with Gasteiger partial charge in [0.25, 0.3) is 5.95 Å². The molecule has 1 N–H and O–H groups in total. The minimum Gasteiger partial charge on any atom is -0.299 e. The molecule has 1 fully saturated rings. The number of fused-ring (bicyclic) bond motifs is 1. The third kappa shape index (κ3) is 3.86. The van der Waals surface area contributed by atoms with E-state index in [4.69, 9.17) is 0 Å². The van der Waals surface area contributed by atoms with Crippen LogP contribution in [0.4, 0.5) is 10.3 Å². The van der Waals surface area contributed by atoms with Gasteiger partial charge in [-0.25, -0.2) is 19.8 Å². The summed E-state index contributed by atoms with van der Waals surface area (Å²) in [6.45, 7) is 2.28. The summed E-state index contributed by atoms with van der Waals surface area (Å²) in [6, 6.07) is 3.67. The average Bonchev–Trinajstić information content (AvgIpc) is 3.28. The Balaban J connectivity index is 1.59. The summed E-state index contributed by atoms with van der Waals surface area (Å²) in [5.74, 6) is 1.78. The molecule has 0 aromatic carbocycles. The number of aryl methyl sites for hydroxylation is 1. The Labute approximate surface area is 161 Å². The zero-order valence-corrected chi connectivity index (χ0v) is 15.7. The van der Waals surface area contributed by atoms with Crippen LogP contribution in [0.3, 0.4) is 0 Å². The van der Waals surface area contributed by atoms with E-state index in [1.54, 1.807) is 23.0 Å². The largest absolute Gasteiger partial charge is 0.299 e. The predicted molar refractivity (Wildman–Crippen MR) is 102 cm³/mol. The van der Waals surface area contributed by atoms with E-state index >= 15 is 0 Å². The molecule has 0 bridgehead atoms. The molecule has 0 saturated carbocycles. The maximum atomic E-state index is 12.8. The van der Waals surface area contributed by atoms with E-state index in [2.05, 4.69) is 35.7 Å². The molecule has 4 heterocycles. The van der Waals surface area contributed by atoms with Gasteiger partial charge in [-0.2, -0.15) is 14.6 Å². The highest BCUT2D eigenvalue weighted by atomic mass is 19.1. The van der Waals surface area contributed by atoms with Crippen molar-refractivity contribution in [2.24, 2.45) is 4.99 Å². The standard InChI is InChI=1S/C18H20FN9/c1-12(19)4-3-5-16-25-26-17-10-13(11-22-28(16)17)14-6-8-20-18(23-14)24-15-7-9-21-27(15)2/h4,6,8,10-11,21H,3,5,7,9H2,1-2H3/b12-4+,24-15?. The first-order valence-corrected chi connectivity index (χ1v) is 9.01. The number of amidine groups is 1. The van der Waals surface area contributed by atoms with Gasteiger partial charge in [-0.1, -0.05) is 6.08 Å². The van der Waals surface area contributed by atoms with E-state index in [9.17, 15) is 4.39 Å². The highest BCUT2D eigenvalue weighted by molar-refractivity contribution is 5.85. The van der Waals surface area contributed by atoms with Crippen LogP contribution < -0.4 is 5.43 Å². The maximum Gasteiger partial charge on any atom is 0.251 e. The van der Waals surface area contributed by atoms with E-state index in [1.807, 2.05) is 18.1 Å². The monoisotopic (exact) mass is 381 g/mol. The molecular weight excluding hydrogens is 361 g/mol. The molecule has 3 aromatic heterocycles. The second-order valence-electron chi connectivity index (χ2n) is 6.45. The molecule has 28 heavy (non-hydrogen) atoms. The van der Waals surface area contributed by atoms with Crippen molar-refractivity contribution in [2.45, 2.75) is 26.2 Å². The number of nitrogens with one attached hydrogen (secondary N) is 1. The summed E-state index contributed by atoms with van der Waals surface area (Å²) < 4.78 is 14.5. The Hall–Kier alpha value is -3.27. The number of nitrogens with zero attached hydrogens (tertiary/aromatic N) is 8. The number of hydrogen-bond acceptors (Lipinski definition) is 7. The first-order chi connectivity index (χ1) is 13.6. The second-order valence-corrected chi connectivity index (χ2v) is 6.45. The second kappa shape index (κ2) is 7.77. The van der Waals surface area contributed by atoms with Crippen molar-refractivity contribution in [3.8, 4) is 11.3 Å². The van der Waals surface area contributed by atoms with Gasteiger partial charge >= 0.3 is 0 Å². The molecule has 0 atom stereocenters. The SMILES string of the molecule is C/C(F)=C\CCc1nnc2cc(-c3ccnc(N=C4CCNN4C)n3)cnn12. The van der Waals surface area contributed by atoms with Crippen LogP contribution in [-0.4, -0.2) is 54.2 Å². The lowest BCUT2D eigenvalue weighted by Crippen LogP contribution is -2.29. The fourth-order valence-electron chi connectivity index (χ4n) is 2.94. The van der Waals surface area contributed by atoms with Gasteiger partial charge in [-0.3, -0.25) is 5.01 Å². The maximum absolute atomic E-state index is 12.8. The quantitative estimate of drug-likeness (QED) is 0.724. The molecule has 0 aliphatic carbocycles. The lowest BCUT2D eigenvalue weighted by molar-refractivity contribution is 0.418. The summed E-state index contributed by atoms with van der Waals surface area (Å²) in [6.07, 6.45) is 6.85. The molecule has 1 saturated heterocycles. The van der Waals surface area contributed by atoms with Gasteiger partial charge in [0, 0.05) is 38.2 Å². The van der Waals surface area contributed by atoms with E-state index in [0.29, 0.717) is 36.0 Å². The van der Waals surface area contributed by atoms with Crippen LogP contribution in [0.15, 0.2) is 41.4 Å². The lowest BCUT2D eigenvalue weighted by Gasteiger charge is -2.10. The molecule has 0 radical (unpaired) electrons. The number of aromatic nitrogens is 6. The molecule has 1 aliphatic heterocycles. The molecule has 0 amide bonds. The van der Waals surface area contributed by atoms with Gasteiger partial charge in [-0.05, 0) is 25.5 Å². The van der Waals surface area contributed by atoms with Gasteiger partial charge in [0.15, 0.2) is 11.5 Å². The normalized spacial score (nSPS) is 16.5. The molecule has 10 heteroatoms. The molecule has 9 nitrogen and oxygen atoms in total. The van der Waals surface area contributed by atoms with Crippen molar-refractivity contribution >= 4 is 17.4 Å². The summed E-state index contributed by atoms with van der Waals surface area (Å²) in [7, 11) is 1.92. The minimum atomic E-state index is -0.202. The van der Waals surface area contributed by atoms with Crippen molar-refractivity contribution in [1.82, 2.24) is 40.2 Å². The first-order valence-electron chi connectivity index (χ1n) is 9.01. The van der Waals surface area contributed by atoms with Crippen LogP contribution in [0.25, 0.3) is 16.9 Å². The topological polar surface area (TPSA) is 96.5 Å². The van der Waals surface area contributed by atoms with Crippen molar-refractivity contribution in [1.29, 1.82) is 0 Å². The Morgan fingerprint density at radius 3 is 3.07 bits per heavy atom. The third-order valence-electron chi connectivity index (χ3n) is 4.37. The van der Waals surface area contributed by atoms with Gasteiger partial charge in [0.05, 0.1) is 17.7 Å². The summed E-state index contributed by atoms with van der Waals surface area (Å²) in [5.41, 5.74) is 5.29. The van der Waals surface area contributed by atoms with Crippen LogP contribution in [0.2, 0.25) is 0 Å². The Bertz CT molecular complexity index is 1050. The number of allylic oxidation sites excluding steroid dienone is 2. The van der Waals surface area contributed by atoms with E-state index in [-0.39, 0.29) is 5.83 Å². The number of hydrazine groups is 1. The highest BCUT2D eigenvalue weighted by Crippen LogP contribution is 2.20. The number of aliphatic imine (C=N–C) groups is 1. The van der Waals surface area contributed by atoms with Gasteiger partial charge < -0.3 is 0 Å². The van der Waals surface area contributed by atoms with Crippen LogP contribution in [0.5, 0.6) is 0 Å². The molecular formula is C18H20FN9. The molecule has 3 aromatic rings. The zero-order valence-electron chi connectivity index (χ0n) is 15.7. The van der Waals surface area contributed by atoms with E-state index in [0.717, 1.165) is 24.4 Å². The van der Waals surface area contributed by atoms with Crippen LogP contribution >= 0.6 is 0 Å². The van der Waals surface area contributed by atoms with E-state index < -0.39 is 0 Å². The smallest absolute Gasteiger partial charge is 0.251 e. The van der Waals surface area contributed by atoms with Gasteiger partial charge in [-0.15, -0.1) is 10.2 Å². The average molecular weight is 381 g/mol. The zero-order chi connectivity index (χ0) is 19.5. The Kier molecular flexibility index (Phi) is 5.02. The predicted octanol–water partition coefficient (Wildman–Crippen LogP) is 2.26. The molecule has 0 spiro atoms. The van der Waals surface area contributed by atoms with E-state index in [1.165, 1.54) is 13.0 Å². The summed E-state index contributed by atoms with van der Waals surface area (Å²) in [5, 5.41) is 14.6. The molecule has 1 aliphatic rings. The van der Waals surface area contributed by atoms with Crippen LogP contribution in [0.1, 0.15) is 25.6 Å². The van der Waals surface area contributed by atoms with Crippen molar-refractivity contribution in [3.63, 3.8) is 0 Å². The molecule has 4 rings (SSSR count). The fourth-order valence-corrected chi connectivity index (χ4v) is 2.94. The van der Waals surface area contributed by atoms with Crippen molar-refractivity contribution in [2.75, 3.05) is 13.6 Å². The summed E-state index contributed by atoms with van der Waals surface area (Å²) >= 11 is 0. The van der Waals surface area contributed by atoms with Crippen molar-refractivity contribution in [3.05, 3.63) is 42.3 Å². The van der Waals surface area contributed by atoms with Gasteiger partial charge in [0.2, 0.25) is 0 Å². The molecule has 0 unspecified atom stereocenters. The minimum absolute atomic E-state index is 0.202. The Morgan fingerprint density at radius 1 is 1.39 bits per heavy atom. The fraction of sp³-hybridized carbons (Fsp3) is 0.333. The lowest BCUT2D eigenvalue weighted by atomic mass is 10.2. The highest BCUT2D eigenvalue weighted by Gasteiger charge is 2.14. The van der Waals surface area contributed by atoms with Crippen LogP contribution in [-0.2, 0) is 6.42 Å². The van der Waals surface area contributed by atoms with Crippen molar-refractivity contribution < 1.29 is 4.39 Å². The number of hydrogen-bond donors (Lipinski definition) is 1. The third-order valence-corrected chi connectivity index (χ3v) is 4.37. The molecule has 144 valence electrons.